The molecule has 2 aliphatic rings. The predicted octanol–water partition coefficient (Wildman–Crippen LogP) is 5.51. The molecule has 1 aromatic rings. The van der Waals surface area contributed by atoms with Crippen molar-refractivity contribution in [2.24, 2.45) is 5.92 Å². The maximum Gasteiger partial charge on any atom is 0.408 e. The molecule has 33 heavy (non-hydrogen) atoms. The molecule has 1 aliphatic carbocycles. The molecule has 0 bridgehead atoms. The Hall–Kier alpha value is -1.70. The highest BCUT2D eigenvalue weighted by Gasteiger charge is 2.24. The molecular formula is C26H41N3O3S. The number of hydrogen-bond acceptors (Lipinski definition) is 5. The van der Waals surface area contributed by atoms with Gasteiger partial charge in [0.15, 0.2) is 0 Å². The molecule has 1 heterocycles. The molecule has 184 valence electrons. The minimum absolute atomic E-state index is 0.246. The average Bonchev–Trinajstić information content (AvgIpc) is 2.78. The van der Waals surface area contributed by atoms with Crippen LogP contribution in [0, 0.1) is 5.92 Å². The van der Waals surface area contributed by atoms with Crippen molar-refractivity contribution in [1.29, 1.82) is 0 Å². The van der Waals surface area contributed by atoms with Crippen LogP contribution in [-0.4, -0.2) is 53.9 Å². The quantitative estimate of drug-likeness (QED) is 0.483. The van der Waals surface area contributed by atoms with Gasteiger partial charge in [0.2, 0.25) is 0 Å². The third-order valence-corrected chi connectivity index (χ3v) is 6.71. The number of ether oxygens (including phenoxy) is 2. The number of alkyl carbamates (subject to hydrolysis) is 1. The molecule has 1 saturated heterocycles. The fraction of sp³-hybridized carbons (Fsp3) is 0.692. The van der Waals surface area contributed by atoms with Crippen LogP contribution in [0.5, 0.6) is 0 Å². The minimum atomic E-state index is -0.538. The van der Waals surface area contributed by atoms with Crippen molar-refractivity contribution in [1.82, 2.24) is 10.2 Å². The molecule has 1 amide bonds. The standard InChI is InChI=1S/C26H41N3O3S/c1-26(2,3)32-25(30)28-23(14-11-20-7-5-4-6-8-20)24(33)27-22-12-9-21(10-13-22)19-29-15-17-31-18-16-29/h9-10,12-13,20,23H,4-8,11,14-19H2,1-3H3,(H,27,33)(H,28,30). The normalized spacial score (nSPS) is 19.0. The lowest BCUT2D eigenvalue weighted by Gasteiger charge is -2.27. The third kappa shape index (κ3) is 9.59. The second-order valence-electron chi connectivity index (χ2n) is 10.4. The van der Waals surface area contributed by atoms with E-state index in [-0.39, 0.29) is 6.04 Å². The first-order chi connectivity index (χ1) is 15.8. The summed E-state index contributed by atoms with van der Waals surface area (Å²) in [5.41, 5.74) is 1.68. The van der Waals surface area contributed by atoms with Gasteiger partial charge in [-0.3, -0.25) is 4.90 Å². The number of thiocarbonyl (C=S) groups is 1. The maximum atomic E-state index is 12.5. The summed E-state index contributed by atoms with van der Waals surface area (Å²) in [6.07, 6.45) is 8.01. The monoisotopic (exact) mass is 475 g/mol. The number of amides is 1. The molecule has 1 unspecified atom stereocenters. The first-order valence-corrected chi connectivity index (χ1v) is 12.9. The summed E-state index contributed by atoms with van der Waals surface area (Å²) in [5.74, 6) is 0.726. The van der Waals surface area contributed by atoms with Crippen molar-refractivity contribution < 1.29 is 14.3 Å². The van der Waals surface area contributed by atoms with Gasteiger partial charge < -0.3 is 20.1 Å². The van der Waals surface area contributed by atoms with E-state index in [9.17, 15) is 4.79 Å². The van der Waals surface area contributed by atoms with Crippen molar-refractivity contribution in [3.63, 3.8) is 0 Å². The average molecular weight is 476 g/mol. The van der Waals surface area contributed by atoms with E-state index in [2.05, 4.69) is 39.8 Å². The van der Waals surface area contributed by atoms with Crippen molar-refractivity contribution in [2.45, 2.75) is 83.9 Å². The highest BCUT2D eigenvalue weighted by molar-refractivity contribution is 7.80. The van der Waals surface area contributed by atoms with E-state index in [1.807, 2.05) is 20.8 Å². The summed E-state index contributed by atoms with van der Waals surface area (Å²) in [4.78, 5) is 15.5. The third-order valence-electron chi connectivity index (χ3n) is 6.33. The van der Waals surface area contributed by atoms with Crippen molar-refractivity contribution in [2.75, 3.05) is 31.6 Å². The number of hydrogen-bond donors (Lipinski definition) is 2. The fourth-order valence-corrected chi connectivity index (χ4v) is 4.83. The second kappa shape index (κ2) is 12.7. The number of benzene rings is 1. The van der Waals surface area contributed by atoms with E-state index in [4.69, 9.17) is 21.7 Å². The first kappa shape index (κ1) is 25.9. The van der Waals surface area contributed by atoms with E-state index in [0.29, 0.717) is 4.99 Å². The van der Waals surface area contributed by atoms with E-state index in [0.717, 1.165) is 57.3 Å². The van der Waals surface area contributed by atoms with Crippen molar-refractivity contribution in [3.05, 3.63) is 29.8 Å². The fourth-order valence-electron chi connectivity index (χ4n) is 4.54. The van der Waals surface area contributed by atoms with E-state index >= 15 is 0 Å². The number of nitrogens with zero attached hydrogens (tertiary/aromatic N) is 1. The van der Waals surface area contributed by atoms with Crippen LogP contribution in [0.2, 0.25) is 0 Å². The minimum Gasteiger partial charge on any atom is -0.444 e. The largest absolute Gasteiger partial charge is 0.444 e. The highest BCUT2D eigenvalue weighted by atomic mass is 32.1. The van der Waals surface area contributed by atoms with Crippen LogP contribution in [0.4, 0.5) is 10.5 Å². The highest BCUT2D eigenvalue weighted by Crippen LogP contribution is 2.28. The SMILES string of the molecule is CC(C)(C)OC(=O)NC(CCC1CCCCC1)C(=S)Nc1ccc(CN2CCOCC2)cc1. The van der Waals surface area contributed by atoms with Gasteiger partial charge in [-0.15, -0.1) is 0 Å². The van der Waals surface area contributed by atoms with Gasteiger partial charge in [-0.2, -0.15) is 0 Å². The Labute approximate surface area is 204 Å². The summed E-state index contributed by atoms with van der Waals surface area (Å²) in [6.45, 7) is 10.1. The Balaban J connectivity index is 1.56. The van der Waals surface area contributed by atoms with Crippen LogP contribution in [0.25, 0.3) is 0 Å². The molecule has 0 aromatic heterocycles. The topological polar surface area (TPSA) is 62.8 Å². The Kier molecular flexibility index (Phi) is 9.95. The van der Waals surface area contributed by atoms with Crippen LogP contribution in [-0.2, 0) is 16.0 Å². The zero-order valence-corrected chi connectivity index (χ0v) is 21.3. The van der Waals surface area contributed by atoms with Crippen LogP contribution in [0.3, 0.4) is 0 Å². The molecule has 6 nitrogen and oxygen atoms in total. The first-order valence-electron chi connectivity index (χ1n) is 12.5. The molecule has 1 aromatic carbocycles. The lowest BCUT2D eigenvalue weighted by molar-refractivity contribution is 0.0342. The molecular weight excluding hydrogens is 434 g/mol. The summed E-state index contributed by atoms with van der Waals surface area (Å²) >= 11 is 5.74. The molecule has 1 atom stereocenters. The number of nitrogens with one attached hydrogen (secondary N) is 2. The zero-order valence-electron chi connectivity index (χ0n) is 20.5. The Morgan fingerprint density at radius 3 is 2.45 bits per heavy atom. The van der Waals surface area contributed by atoms with E-state index < -0.39 is 11.7 Å². The molecule has 2 N–H and O–H groups in total. The number of rotatable bonds is 8. The molecule has 2 fully saturated rings. The Morgan fingerprint density at radius 1 is 1.15 bits per heavy atom. The zero-order chi connectivity index (χ0) is 23.7. The molecule has 1 aliphatic heterocycles. The lowest BCUT2D eigenvalue weighted by atomic mass is 9.85. The Morgan fingerprint density at radius 2 is 1.82 bits per heavy atom. The van der Waals surface area contributed by atoms with Gasteiger partial charge in [-0.1, -0.05) is 56.5 Å². The summed E-state index contributed by atoms with van der Waals surface area (Å²) in [6, 6.07) is 8.16. The predicted molar refractivity (Wildman–Crippen MR) is 138 cm³/mol. The van der Waals surface area contributed by atoms with Gasteiger partial charge in [0, 0.05) is 25.3 Å². The molecule has 0 spiro atoms. The van der Waals surface area contributed by atoms with E-state index in [1.165, 1.54) is 37.7 Å². The summed E-state index contributed by atoms with van der Waals surface area (Å²) in [7, 11) is 0. The van der Waals surface area contributed by atoms with Gasteiger partial charge in [0.25, 0.3) is 0 Å². The van der Waals surface area contributed by atoms with Crippen molar-refractivity contribution in [3.8, 4) is 0 Å². The number of carbonyl (C=O) groups excluding carboxylic acids is 1. The number of anilines is 1. The van der Waals surface area contributed by atoms with Crippen LogP contribution in [0.1, 0.15) is 71.3 Å². The Bertz CT molecular complexity index is 751. The van der Waals surface area contributed by atoms with Crippen LogP contribution < -0.4 is 10.6 Å². The number of morpholine rings is 1. The molecule has 7 heteroatoms. The van der Waals surface area contributed by atoms with Crippen LogP contribution in [0.15, 0.2) is 24.3 Å². The summed E-state index contributed by atoms with van der Waals surface area (Å²) in [5, 5.41) is 6.37. The van der Waals surface area contributed by atoms with Gasteiger partial charge in [-0.05, 0) is 57.2 Å². The number of carbonyl (C=O) groups is 1. The van der Waals surface area contributed by atoms with Gasteiger partial charge in [0.05, 0.1) is 19.3 Å². The lowest BCUT2D eigenvalue weighted by Crippen LogP contribution is -2.45. The molecule has 0 radical (unpaired) electrons. The second-order valence-corrected chi connectivity index (χ2v) is 10.8. The van der Waals surface area contributed by atoms with Crippen LogP contribution >= 0.6 is 12.2 Å². The summed E-state index contributed by atoms with van der Waals surface area (Å²) < 4.78 is 10.9. The van der Waals surface area contributed by atoms with Gasteiger partial charge in [0.1, 0.15) is 10.6 Å². The van der Waals surface area contributed by atoms with Crippen molar-refractivity contribution >= 4 is 29.0 Å². The van der Waals surface area contributed by atoms with E-state index in [1.54, 1.807) is 0 Å². The van der Waals surface area contributed by atoms with Gasteiger partial charge >= 0.3 is 6.09 Å². The smallest absolute Gasteiger partial charge is 0.408 e. The van der Waals surface area contributed by atoms with Gasteiger partial charge in [-0.25, -0.2) is 4.79 Å². The molecule has 1 saturated carbocycles. The molecule has 3 rings (SSSR count). The maximum absolute atomic E-state index is 12.5.